The van der Waals surface area contributed by atoms with Crippen molar-refractivity contribution in [3.8, 4) is 0 Å². The number of anilines is 1. The zero-order valence-corrected chi connectivity index (χ0v) is 9.95. The Morgan fingerprint density at radius 3 is 3.06 bits per heavy atom. The lowest BCUT2D eigenvalue weighted by molar-refractivity contribution is 0.281. The molecule has 2 heterocycles. The molecule has 4 atom stereocenters. The third-order valence-corrected chi connectivity index (χ3v) is 4.71. The average Bonchev–Trinajstić information content (AvgIpc) is 2.75. The van der Waals surface area contributed by atoms with Crippen molar-refractivity contribution in [2.75, 3.05) is 18.4 Å². The van der Waals surface area contributed by atoms with Crippen LogP contribution in [0.3, 0.4) is 0 Å². The first-order chi connectivity index (χ1) is 8.33. The van der Waals surface area contributed by atoms with E-state index in [1.54, 1.807) is 11.1 Å². The molecule has 1 aromatic carbocycles. The average molecular weight is 229 g/mol. The van der Waals surface area contributed by atoms with Crippen LogP contribution in [-0.2, 0) is 0 Å². The van der Waals surface area contributed by atoms with Crippen molar-refractivity contribution < 1.29 is 0 Å². The molecule has 3 nitrogen and oxygen atoms in total. The number of rotatable bonds is 0. The minimum Gasteiger partial charge on any atom is -0.384 e. The summed E-state index contributed by atoms with van der Waals surface area (Å²) in [6, 6.07) is 7.68. The van der Waals surface area contributed by atoms with E-state index in [1.807, 2.05) is 0 Å². The predicted octanol–water partition coefficient (Wildman–Crippen LogP) is 1.37. The largest absolute Gasteiger partial charge is 0.384 e. The summed E-state index contributed by atoms with van der Waals surface area (Å²) in [7, 11) is 0. The van der Waals surface area contributed by atoms with Gasteiger partial charge in [-0.15, -0.1) is 0 Å². The Labute approximate surface area is 102 Å². The maximum absolute atomic E-state index is 6.11. The summed E-state index contributed by atoms with van der Waals surface area (Å²) in [6.45, 7) is 2.10. The third kappa shape index (κ3) is 1.36. The first-order valence-corrected chi connectivity index (χ1v) is 6.68. The van der Waals surface area contributed by atoms with E-state index in [0.717, 1.165) is 19.5 Å². The van der Waals surface area contributed by atoms with Crippen molar-refractivity contribution >= 4 is 5.69 Å². The number of benzene rings is 1. The fourth-order valence-electron chi connectivity index (χ4n) is 3.97. The number of piperidine rings is 1. The number of nitrogens with two attached hydrogens (primary N) is 1. The van der Waals surface area contributed by atoms with Gasteiger partial charge >= 0.3 is 0 Å². The summed E-state index contributed by atoms with van der Waals surface area (Å²) < 4.78 is 0. The molecule has 0 radical (unpaired) electrons. The van der Waals surface area contributed by atoms with E-state index >= 15 is 0 Å². The van der Waals surface area contributed by atoms with Gasteiger partial charge in [-0.2, -0.15) is 0 Å². The Hall–Kier alpha value is -1.06. The van der Waals surface area contributed by atoms with E-state index in [0.29, 0.717) is 23.9 Å². The van der Waals surface area contributed by atoms with E-state index in [-0.39, 0.29) is 0 Å². The summed E-state index contributed by atoms with van der Waals surface area (Å²) in [5.74, 6) is 1.34. The first-order valence-electron chi connectivity index (χ1n) is 6.68. The molecule has 3 heteroatoms. The predicted molar refractivity (Wildman–Crippen MR) is 69.4 cm³/mol. The highest BCUT2D eigenvalue weighted by Gasteiger charge is 2.40. The minimum absolute atomic E-state index is 0.318. The summed E-state index contributed by atoms with van der Waals surface area (Å²) in [6.07, 6.45) is 2.41. The summed E-state index contributed by atoms with van der Waals surface area (Å²) in [4.78, 5) is 0. The highest BCUT2D eigenvalue weighted by atomic mass is 15.0. The van der Waals surface area contributed by atoms with Crippen LogP contribution in [0, 0.1) is 0 Å². The molecule has 4 rings (SSSR count). The molecule has 3 aliphatic rings. The molecule has 0 spiro atoms. The maximum atomic E-state index is 6.11. The van der Waals surface area contributed by atoms with Crippen molar-refractivity contribution in [3.05, 3.63) is 29.3 Å². The van der Waals surface area contributed by atoms with Crippen LogP contribution >= 0.6 is 0 Å². The molecule has 1 fully saturated rings. The summed E-state index contributed by atoms with van der Waals surface area (Å²) in [5.41, 5.74) is 10.6. The van der Waals surface area contributed by atoms with E-state index in [9.17, 15) is 0 Å². The zero-order valence-electron chi connectivity index (χ0n) is 9.95. The van der Waals surface area contributed by atoms with Gasteiger partial charge in [0.2, 0.25) is 0 Å². The van der Waals surface area contributed by atoms with E-state index in [1.165, 1.54) is 12.1 Å². The van der Waals surface area contributed by atoms with Crippen molar-refractivity contribution in [3.63, 3.8) is 0 Å². The second kappa shape index (κ2) is 3.47. The lowest BCUT2D eigenvalue weighted by Crippen LogP contribution is -2.51. The van der Waals surface area contributed by atoms with Gasteiger partial charge in [-0.3, -0.25) is 0 Å². The van der Waals surface area contributed by atoms with Crippen LogP contribution in [0.4, 0.5) is 5.69 Å². The molecule has 0 amide bonds. The lowest BCUT2D eigenvalue weighted by atomic mass is 9.70. The molecule has 0 unspecified atom stereocenters. The second-order valence-electron chi connectivity index (χ2n) is 5.74. The van der Waals surface area contributed by atoms with Gasteiger partial charge in [-0.1, -0.05) is 12.1 Å². The van der Waals surface area contributed by atoms with Crippen LogP contribution in [0.5, 0.6) is 0 Å². The van der Waals surface area contributed by atoms with Gasteiger partial charge in [0, 0.05) is 42.7 Å². The van der Waals surface area contributed by atoms with Crippen LogP contribution in [-0.4, -0.2) is 25.2 Å². The Morgan fingerprint density at radius 1 is 1.18 bits per heavy atom. The molecular formula is C14H19N3. The van der Waals surface area contributed by atoms with Gasteiger partial charge in [0.25, 0.3) is 0 Å². The van der Waals surface area contributed by atoms with Gasteiger partial charge < -0.3 is 16.4 Å². The normalized spacial score (nSPS) is 38.2. The second-order valence-corrected chi connectivity index (χ2v) is 5.74. The Balaban J connectivity index is 1.82. The Morgan fingerprint density at radius 2 is 2.12 bits per heavy atom. The van der Waals surface area contributed by atoms with Gasteiger partial charge in [0.15, 0.2) is 0 Å². The van der Waals surface area contributed by atoms with Crippen molar-refractivity contribution in [2.24, 2.45) is 5.73 Å². The monoisotopic (exact) mass is 229 g/mol. The van der Waals surface area contributed by atoms with E-state index < -0.39 is 0 Å². The highest BCUT2D eigenvalue weighted by molar-refractivity contribution is 5.63. The Kier molecular flexibility index (Phi) is 2.02. The molecule has 1 aromatic rings. The fourth-order valence-corrected chi connectivity index (χ4v) is 3.97. The topological polar surface area (TPSA) is 50.1 Å². The molecule has 90 valence electrons. The molecule has 1 saturated heterocycles. The number of nitrogens with one attached hydrogen (secondary N) is 2. The van der Waals surface area contributed by atoms with Gasteiger partial charge in [-0.05, 0) is 30.0 Å². The van der Waals surface area contributed by atoms with Crippen molar-refractivity contribution in [1.82, 2.24) is 5.32 Å². The van der Waals surface area contributed by atoms with Crippen molar-refractivity contribution in [1.29, 1.82) is 0 Å². The SMILES string of the molecule is N[C@@H]1CN[C@@H]2C[C@@H]3CNc4cccc(c43)[C@H]2C1. The molecule has 0 bridgehead atoms. The zero-order chi connectivity index (χ0) is 11.4. The minimum atomic E-state index is 0.318. The molecule has 0 saturated carbocycles. The van der Waals surface area contributed by atoms with Gasteiger partial charge in [0.1, 0.15) is 0 Å². The molecule has 17 heavy (non-hydrogen) atoms. The van der Waals surface area contributed by atoms with Crippen LogP contribution in [0.25, 0.3) is 0 Å². The van der Waals surface area contributed by atoms with Gasteiger partial charge in [0.05, 0.1) is 0 Å². The Bertz CT molecular complexity index is 457. The molecule has 4 N–H and O–H groups in total. The molecule has 0 aromatic heterocycles. The number of hydrogen-bond donors (Lipinski definition) is 3. The van der Waals surface area contributed by atoms with Crippen LogP contribution < -0.4 is 16.4 Å². The highest BCUT2D eigenvalue weighted by Crippen LogP contribution is 2.47. The summed E-state index contributed by atoms with van der Waals surface area (Å²) in [5, 5.41) is 7.19. The van der Waals surface area contributed by atoms with Crippen LogP contribution in [0.2, 0.25) is 0 Å². The standard InChI is InChI=1S/C14H19N3/c15-9-5-11-10-2-1-3-12-14(10)8(6-16-12)4-13(11)17-7-9/h1-3,8-9,11,13,16-17H,4-7,15H2/t8-,9+,11-,13-/m1/s1. The van der Waals surface area contributed by atoms with E-state index in [2.05, 4.69) is 28.8 Å². The fraction of sp³-hybridized carbons (Fsp3) is 0.571. The number of fused-ring (bicyclic) bond motifs is 2. The van der Waals surface area contributed by atoms with Crippen LogP contribution in [0.15, 0.2) is 18.2 Å². The smallest absolute Gasteiger partial charge is 0.0379 e. The van der Waals surface area contributed by atoms with Crippen molar-refractivity contribution in [2.45, 2.75) is 36.8 Å². The van der Waals surface area contributed by atoms with Gasteiger partial charge in [-0.25, -0.2) is 0 Å². The van der Waals surface area contributed by atoms with Crippen LogP contribution in [0.1, 0.15) is 35.8 Å². The maximum Gasteiger partial charge on any atom is 0.0379 e. The quantitative estimate of drug-likeness (QED) is 0.630. The first kappa shape index (κ1) is 9.92. The number of hydrogen-bond acceptors (Lipinski definition) is 3. The molecule has 1 aliphatic carbocycles. The third-order valence-electron chi connectivity index (χ3n) is 4.71. The molecular weight excluding hydrogens is 210 g/mol. The molecule has 2 aliphatic heterocycles. The van der Waals surface area contributed by atoms with E-state index in [4.69, 9.17) is 5.73 Å². The lowest BCUT2D eigenvalue weighted by Gasteiger charge is -2.42. The summed E-state index contributed by atoms with van der Waals surface area (Å²) >= 11 is 0.